The summed E-state index contributed by atoms with van der Waals surface area (Å²) in [4.78, 5) is 28.5. The maximum atomic E-state index is 12.7. The van der Waals surface area contributed by atoms with Crippen LogP contribution in [0.15, 0.2) is 42.9 Å². The Bertz CT molecular complexity index is 866. The molecule has 3 aromatic rings. The Balaban J connectivity index is 1.47. The molecule has 24 heavy (non-hydrogen) atoms. The van der Waals surface area contributed by atoms with E-state index in [9.17, 15) is 4.79 Å². The summed E-state index contributed by atoms with van der Waals surface area (Å²) in [7, 11) is 0. The van der Waals surface area contributed by atoms with Gasteiger partial charge in [-0.3, -0.25) is 9.78 Å². The van der Waals surface area contributed by atoms with Crippen molar-refractivity contribution in [3.8, 4) is 0 Å². The maximum absolute atomic E-state index is 12.7. The van der Waals surface area contributed by atoms with Gasteiger partial charge in [0.15, 0.2) is 0 Å². The molecule has 1 N–H and O–H groups in total. The Labute approximate surface area is 140 Å². The molecule has 2 aromatic heterocycles. The van der Waals surface area contributed by atoms with Crippen molar-refractivity contribution in [1.29, 1.82) is 0 Å². The van der Waals surface area contributed by atoms with Gasteiger partial charge >= 0.3 is 0 Å². The van der Waals surface area contributed by atoms with Crippen LogP contribution in [0.4, 0.5) is 5.82 Å². The van der Waals surface area contributed by atoms with Gasteiger partial charge in [-0.2, -0.15) is 0 Å². The summed E-state index contributed by atoms with van der Waals surface area (Å²) in [5.41, 5.74) is 2.85. The number of aromatic nitrogens is 3. The summed E-state index contributed by atoms with van der Waals surface area (Å²) in [5.74, 6) is 0.924. The van der Waals surface area contributed by atoms with E-state index in [1.54, 1.807) is 18.6 Å². The molecular weight excluding hydrogens is 302 g/mol. The van der Waals surface area contributed by atoms with Crippen LogP contribution in [0, 0.1) is 6.92 Å². The Hall–Kier alpha value is -2.89. The van der Waals surface area contributed by atoms with Crippen LogP contribution in [-0.2, 0) is 0 Å². The van der Waals surface area contributed by atoms with E-state index in [1.807, 2.05) is 23.1 Å². The van der Waals surface area contributed by atoms with Gasteiger partial charge in [0, 0.05) is 49.5 Å². The first-order chi connectivity index (χ1) is 11.7. The number of aryl methyl sites for hydroxylation is 1. The fourth-order valence-corrected chi connectivity index (χ4v) is 3.13. The fraction of sp³-hybridized carbons (Fsp3) is 0.278. The lowest BCUT2D eigenvalue weighted by molar-refractivity contribution is 0.0741. The fourth-order valence-electron chi connectivity index (χ4n) is 3.13. The van der Waals surface area contributed by atoms with E-state index >= 15 is 0 Å². The average Bonchev–Trinajstić information content (AvgIpc) is 3.05. The molecule has 3 heterocycles. The van der Waals surface area contributed by atoms with Crippen LogP contribution in [0.2, 0.25) is 0 Å². The van der Waals surface area contributed by atoms with E-state index in [4.69, 9.17) is 0 Å². The minimum absolute atomic E-state index is 0.0580. The zero-order valence-electron chi connectivity index (χ0n) is 13.6. The van der Waals surface area contributed by atoms with Crippen molar-refractivity contribution in [2.45, 2.75) is 6.92 Å². The molecule has 0 radical (unpaired) electrons. The van der Waals surface area contributed by atoms with E-state index in [2.05, 4.69) is 32.8 Å². The van der Waals surface area contributed by atoms with E-state index < -0.39 is 0 Å². The van der Waals surface area contributed by atoms with Crippen molar-refractivity contribution >= 4 is 22.6 Å². The Kier molecular flexibility index (Phi) is 3.65. The van der Waals surface area contributed by atoms with Gasteiger partial charge in [-0.1, -0.05) is 11.6 Å². The molecule has 0 spiro atoms. The molecule has 6 nitrogen and oxygen atoms in total. The van der Waals surface area contributed by atoms with Crippen molar-refractivity contribution in [3.63, 3.8) is 0 Å². The van der Waals surface area contributed by atoms with Crippen molar-refractivity contribution in [2.24, 2.45) is 0 Å². The van der Waals surface area contributed by atoms with Gasteiger partial charge in [0.25, 0.3) is 5.91 Å². The zero-order chi connectivity index (χ0) is 16.5. The number of H-pyrrole nitrogens is 1. The van der Waals surface area contributed by atoms with Gasteiger partial charge in [-0.15, -0.1) is 0 Å². The molecule has 1 amide bonds. The number of hydrogen-bond acceptors (Lipinski definition) is 4. The monoisotopic (exact) mass is 321 g/mol. The molecule has 1 fully saturated rings. The summed E-state index contributed by atoms with van der Waals surface area (Å²) in [6.07, 6.45) is 5.12. The first-order valence-electron chi connectivity index (χ1n) is 8.10. The number of benzene rings is 1. The van der Waals surface area contributed by atoms with Crippen molar-refractivity contribution in [1.82, 2.24) is 19.9 Å². The van der Waals surface area contributed by atoms with E-state index in [0.29, 0.717) is 18.8 Å². The minimum atomic E-state index is 0.0580. The highest BCUT2D eigenvalue weighted by Crippen LogP contribution is 2.19. The highest BCUT2D eigenvalue weighted by atomic mass is 16.2. The average molecular weight is 321 g/mol. The number of rotatable bonds is 2. The molecule has 1 saturated heterocycles. The van der Waals surface area contributed by atoms with E-state index in [1.165, 1.54) is 5.56 Å². The number of nitrogens with one attached hydrogen (secondary N) is 1. The first kappa shape index (κ1) is 14.7. The Morgan fingerprint density at radius 3 is 2.71 bits per heavy atom. The second-order valence-corrected chi connectivity index (χ2v) is 6.12. The number of nitrogens with zero attached hydrogens (tertiary/aromatic N) is 4. The quantitative estimate of drug-likeness (QED) is 0.786. The minimum Gasteiger partial charge on any atom is -0.352 e. The second-order valence-electron chi connectivity index (χ2n) is 6.12. The van der Waals surface area contributed by atoms with Crippen molar-refractivity contribution in [2.75, 3.05) is 31.1 Å². The Morgan fingerprint density at radius 2 is 1.96 bits per heavy atom. The van der Waals surface area contributed by atoms with Crippen LogP contribution >= 0.6 is 0 Å². The van der Waals surface area contributed by atoms with Crippen molar-refractivity contribution < 1.29 is 4.79 Å². The molecule has 1 aliphatic heterocycles. The number of carbonyl (C=O) groups is 1. The molecule has 1 aliphatic rings. The third kappa shape index (κ3) is 2.71. The molecule has 0 bridgehead atoms. The summed E-state index contributed by atoms with van der Waals surface area (Å²) < 4.78 is 0. The van der Waals surface area contributed by atoms with Crippen LogP contribution in [-0.4, -0.2) is 51.9 Å². The highest BCUT2D eigenvalue weighted by Gasteiger charge is 2.23. The van der Waals surface area contributed by atoms with E-state index in [0.717, 1.165) is 29.8 Å². The zero-order valence-corrected chi connectivity index (χ0v) is 13.6. The molecule has 0 unspecified atom stereocenters. The number of fused-ring (bicyclic) bond motifs is 1. The van der Waals surface area contributed by atoms with E-state index in [-0.39, 0.29) is 5.91 Å². The number of amides is 1. The van der Waals surface area contributed by atoms with Crippen LogP contribution < -0.4 is 4.90 Å². The van der Waals surface area contributed by atoms with Crippen LogP contribution in [0.1, 0.15) is 16.1 Å². The third-order valence-corrected chi connectivity index (χ3v) is 4.45. The third-order valence-electron chi connectivity index (χ3n) is 4.45. The molecule has 4 rings (SSSR count). The SMILES string of the molecule is Cc1ccc2[nH]c(C(=O)N3CCN(c4cnccn4)CC3)cc2c1. The molecule has 6 heteroatoms. The van der Waals surface area contributed by atoms with Crippen LogP contribution in [0.25, 0.3) is 10.9 Å². The lowest BCUT2D eigenvalue weighted by atomic mass is 10.2. The summed E-state index contributed by atoms with van der Waals surface area (Å²) >= 11 is 0. The molecular formula is C18H19N5O. The predicted molar refractivity (Wildman–Crippen MR) is 93.2 cm³/mol. The lowest BCUT2D eigenvalue weighted by Crippen LogP contribution is -2.49. The van der Waals surface area contributed by atoms with Gasteiger partial charge in [0.1, 0.15) is 11.5 Å². The summed E-state index contributed by atoms with van der Waals surface area (Å²) in [6, 6.07) is 8.11. The first-order valence-corrected chi connectivity index (χ1v) is 8.10. The number of carbonyl (C=O) groups excluding carboxylic acids is 1. The molecule has 0 aliphatic carbocycles. The standard InChI is InChI=1S/C18H19N5O/c1-13-2-3-15-14(10-13)11-16(21-15)18(24)23-8-6-22(7-9-23)17-12-19-4-5-20-17/h2-5,10-12,21H,6-9H2,1H3. The molecule has 122 valence electrons. The molecule has 1 aromatic carbocycles. The van der Waals surface area contributed by atoms with Gasteiger partial charge in [-0.05, 0) is 25.1 Å². The van der Waals surface area contributed by atoms with Crippen LogP contribution in [0.3, 0.4) is 0 Å². The molecule has 0 atom stereocenters. The normalized spacial score (nSPS) is 15.0. The molecule has 0 saturated carbocycles. The van der Waals surface area contributed by atoms with Gasteiger partial charge in [-0.25, -0.2) is 4.98 Å². The Morgan fingerprint density at radius 1 is 1.12 bits per heavy atom. The topological polar surface area (TPSA) is 65.1 Å². The predicted octanol–water partition coefficient (Wildman–Crippen LogP) is 2.23. The largest absolute Gasteiger partial charge is 0.352 e. The number of hydrogen-bond donors (Lipinski definition) is 1. The van der Waals surface area contributed by atoms with Gasteiger partial charge in [0.2, 0.25) is 0 Å². The van der Waals surface area contributed by atoms with Gasteiger partial charge in [0.05, 0.1) is 6.20 Å². The second kappa shape index (κ2) is 5.96. The number of aromatic amines is 1. The summed E-state index contributed by atoms with van der Waals surface area (Å²) in [6.45, 7) is 4.96. The van der Waals surface area contributed by atoms with Crippen LogP contribution in [0.5, 0.6) is 0 Å². The number of piperazine rings is 1. The smallest absolute Gasteiger partial charge is 0.270 e. The highest BCUT2D eigenvalue weighted by molar-refractivity contribution is 5.98. The lowest BCUT2D eigenvalue weighted by Gasteiger charge is -2.35. The maximum Gasteiger partial charge on any atom is 0.270 e. The van der Waals surface area contributed by atoms with Gasteiger partial charge < -0.3 is 14.8 Å². The number of anilines is 1. The summed E-state index contributed by atoms with van der Waals surface area (Å²) in [5, 5.41) is 1.08. The van der Waals surface area contributed by atoms with Crippen molar-refractivity contribution in [3.05, 3.63) is 54.1 Å².